The summed E-state index contributed by atoms with van der Waals surface area (Å²) >= 11 is 1.63. The maximum Gasteiger partial charge on any atom is 0.224 e. The van der Waals surface area contributed by atoms with Gasteiger partial charge < -0.3 is 15.0 Å². The second-order valence-corrected chi connectivity index (χ2v) is 7.99. The van der Waals surface area contributed by atoms with Gasteiger partial charge in [0.15, 0.2) is 5.13 Å². The molecule has 1 fully saturated rings. The normalized spacial score (nSPS) is 15.6. The summed E-state index contributed by atoms with van der Waals surface area (Å²) in [6.45, 7) is 5.12. The predicted octanol–water partition coefficient (Wildman–Crippen LogP) is 4.40. The third-order valence-corrected chi connectivity index (χ3v) is 5.95. The van der Waals surface area contributed by atoms with Gasteiger partial charge in [-0.3, -0.25) is 4.79 Å². The van der Waals surface area contributed by atoms with E-state index in [9.17, 15) is 9.18 Å². The number of thiazole rings is 1. The van der Waals surface area contributed by atoms with Crippen molar-refractivity contribution in [1.29, 1.82) is 0 Å². The van der Waals surface area contributed by atoms with Crippen LogP contribution < -0.4 is 10.2 Å². The van der Waals surface area contributed by atoms with E-state index in [1.165, 1.54) is 12.1 Å². The number of amides is 1. The zero-order valence-electron chi connectivity index (χ0n) is 15.7. The highest BCUT2D eigenvalue weighted by Crippen LogP contribution is 2.31. The molecule has 1 aliphatic rings. The Labute approximate surface area is 167 Å². The molecule has 1 unspecified atom stereocenters. The van der Waals surface area contributed by atoms with E-state index >= 15 is 0 Å². The molecule has 0 aliphatic carbocycles. The Kier molecular flexibility index (Phi) is 5.54. The SMILES string of the molecule is CC(CC(=O)Nc1ccc2nc(N3CCOCC3)sc2c1)c1ccc(F)cc1. The second-order valence-electron chi connectivity index (χ2n) is 6.98. The fourth-order valence-corrected chi connectivity index (χ4v) is 4.34. The van der Waals surface area contributed by atoms with Crippen molar-refractivity contribution in [2.24, 2.45) is 0 Å². The lowest BCUT2D eigenvalue weighted by Gasteiger charge is -2.25. The zero-order chi connectivity index (χ0) is 19.5. The number of rotatable bonds is 5. The van der Waals surface area contributed by atoms with Gasteiger partial charge in [0.25, 0.3) is 0 Å². The van der Waals surface area contributed by atoms with Gasteiger partial charge >= 0.3 is 0 Å². The number of carbonyl (C=O) groups excluding carboxylic acids is 1. The summed E-state index contributed by atoms with van der Waals surface area (Å²) in [4.78, 5) is 19.4. The van der Waals surface area contributed by atoms with Crippen LogP contribution in [-0.2, 0) is 9.53 Å². The van der Waals surface area contributed by atoms with Crippen LogP contribution >= 0.6 is 11.3 Å². The molecular formula is C21H22FN3O2S. The highest BCUT2D eigenvalue weighted by atomic mass is 32.1. The van der Waals surface area contributed by atoms with Gasteiger partial charge in [-0.25, -0.2) is 9.37 Å². The molecule has 1 aromatic heterocycles. The van der Waals surface area contributed by atoms with Crippen LogP contribution in [0.5, 0.6) is 0 Å². The van der Waals surface area contributed by atoms with Crippen LogP contribution in [0.1, 0.15) is 24.8 Å². The number of benzene rings is 2. The second kappa shape index (κ2) is 8.24. The van der Waals surface area contributed by atoms with Crippen molar-refractivity contribution in [1.82, 2.24) is 4.98 Å². The molecule has 1 saturated heterocycles. The maximum absolute atomic E-state index is 13.1. The van der Waals surface area contributed by atoms with Crippen LogP contribution in [0.3, 0.4) is 0 Å². The summed E-state index contributed by atoms with van der Waals surface area (Å²) < 4.78 is 19.5. The largest absolute Gasteiger partial charge is 0.378 e. The number of nitrogens with one attached hydrogen (secondary N) is 1. The first-order valence-corrected chi connectivity index (χ1v) is 10.2. The highest BCUT2D eigenvalue weighted by Gasteiger charge is 2.16. The molecule has 0 saturated carbocycles. The molecule has 1 aliphatic heterocycles. The molecule has 0 spiro atoms. The fourth-order valence-electron chi connectivity index (χ4n) is 3.28. The van der Waals surface area contributed by atoms with E-state index < -0.39 is 0 Å². The monoisotopic (exact) mass is 399 g/mol. The number of carbonyl (C=O) groups is 1. The Hall–Kier alpha value is -2.51. The molecule has 2 heterocycles. The number of morpholine rings is 1. The van der Waals surface area contributed by atoms with Gasteiger partial charge in [0.05, 0.1) is 23.4 Å². The number of hydrogen-bond acceptors (Lipinski definition) is 5. The predicted molar refractivity (Wildman–Crippen MR) is 111 cm³/mol. The minimum atomic E-state index is -0.269. The minimum absolute atomic E-state index is 0.0145. The quantitative estimate of drug-likeness (QED) is 0.691. The fraction of sp³-hybridized carbons (Fsp3) is 0.333. The first kappa shape index (κ1) is 18.8. The molecule has 7 heteroatoms. The van der Waals surface area contributed by atoms with E-state index in [0.717, 1.165) is 52.9 Å². The van der Waals surface area contributed by atoms with Crippen LogP contribution in [0.15, 0.2) is 42.5 Å². The van der Waals surface area contributed by atoms with Crippen molar-refractivity contribution in [3.05, 3.63) is 53.8 Å². The van der Waals surface area contributed by atoms with Gasteiger partial charge in [-0.05, 0) is 41.8 Å². The highest BCUT2D eigenvalue weighted by molar-refractivity contribution is 7.22. The molecule has 0 bridgehead atoms. The maximum atomic E-state index is 13.1. The molecule has 2 aromatic carbocycles. The summed E-state index contributed by atoms with van der Waals surface area (Å²) in [5, 5.41) is 3.96. The summed E-state index contributed by atoms with van der Waals surface area (Å²) in [7, 11) is 0. The molecule has 4 rings (SSSR count). The Morgan fingerprint density at radius 1 is 1.25 bits per heavy atom. The average molecular weight is 399 g/mol. The van der Waals surface area contributed by atoms with E-state index in [1.54, 1.807) is 23.5 Å². The zero-order valence-corrected chi connectivity index (χ0v) is 16.5. The van der Waals surface area contributed by atoms with Crippen molar-refractivity contribution in [2.75, 3.05) is 36.5 Å². The van der Waals surface area contributed by atoms with E-state index in [0.29, 0.717) is 6.42 Å². The number of halogens is 1. The van der Waals surface area contributed by atoms with Crippen molar-refractivity contribution < 1.29 is 13.9 Å². The Morgan fingerprint density at radius 2 is 2.00 bits per heavy atom. The van der Waals surface area contributed by atoms with Crippen molar-refractivity contribution in [3.63, 3.8) is 0 Å². The topological polar surface area (TPSA) is 54.5 Å². The number of hydrogen-bond donors (Lipinski definition) is 1. The van der Waals surface area contributed by atoms with Crippen molar-refractivity contribution >= 4 is 38.3 Å². The van der Waals surface area contributed by atoms with Gasteiger partial charge in [0.2, 0.25) is 5.91 Å². The lowest BCUT2D eigenvalue weighted by Crippen LogP contribution is -2.36. The van der Waals surface area contributed by atoms with Crippen LogP contribution in [0.25, 0.3) is 10.2 Å². The molecule has 1 atom stereocenters. The standard InChI is InChI=1S/C21H22FN3O2S/c1-14(15-2-4-16(22)5-3-15)12-20(26)23-17-6-7-18-19(13-17)28-21(24-18)25-8-10-27-11-9-25/h2-7,13-14H,8-12H2,1H3,(H,23,26). The number of anilines is 2. The summed E-state index contributed by atoms with van der Waals surface area (Å²) in [5.41, 5.74) is 2.65. The number of nitrogens with zero attached hydrogens (tertiary/aromatic N) is 2. The van der Waals surface area contributed by atoms with Gasteiger partial charge in [-0.2, -0.15) is 0 Å². The summed E-state index contributed by atoms with van der Waals surface area (Å²) in [5.74, 6) is -0.315. The molecule has 5 nitrogen and oxygen atoms in total. The van der Waals surface area contributed by atoms with E-state index in [1.807, 2.05) is 25.1 Å². The third-order valence-electron chi connectivity index (χ3n) is 4.87. The molecular weight excluding hydrogens is 377 g/mol. The van der Waals surface area contributed by atoms with Crippen LogP contribution in [0.4, 0.5) is 15.2 Å². The van der Waals surface area contributed by atoms with Gasteiger partial charge in [0, 0.05) is 25.2 Å². The van der Waals surface area contributed by atoms with Crippen LogP contribution in [0.2, 0.25) is 0 Å². The average Bonchev–Trinajstić information content (AvgIpc) is 3.12. The molecule has 28 heavy (non-hydrogen) atoms. The number of ether oxygens (including phenoxy) is 1. The number of fused-ring (bicyclic) bond motifs is 1. The Balaban J connectivity index is 1.42. The lowest BCUT2D eigenvalue weighted by molar-refractivity contribution is -0.116. The van der Waals surface area contributed by atoms with Crippen LogP contribution in [-0.4, -0.2) is 37.2 Å². The molecule has 1 N–H and O–H groups in total. The first-order chi connectivity index (χ1) is 13.6. The number of aromatic nitrogens is 1. The van der Waals surface area contributed by atoms with Gasteiger partial charge in [-0.15, -0.1) is 0 Å². The van der Waals surface area contributed by atoms with Gasteiger partial charge in [-0.1, -0.05) is 30.4 Å². The molecule has 1 amide bonds. The van der Waals surface area contributed by atoms with Crippen LogP contribution in [0, 0.1) is 5.82 Å². The molecule has 3 aromatic rings. The van der Waals surface area contributed by atoms with Gasteiger partial charge in [0.1, 0.15) is 5.82 Å². The summed E-state index contributed by atoms with van der Waals surface area (Å²) in [6, 6.07) is 12.1. The Morgan fingerprint density at radius 3 is 2.75 bits per heavy atom. The van der Waals surface area contributed by atoms with Crippen molar-refractivity contribution in [2.45, 2.75) is 19.3 Å². The first-order valence-electron chi connectivity index (χ1n) is 9.37. The lowest BCUT2D eigenvalue weighted by atomic mass is 9.97. The third kappa shape index (κ3) is 4.31. The molecule has 0 radical (unpaired) electrons. The summed E-state index contributed by atoms with van der Waals surface area (Å²) in [6.07, 6.45) is 0.339. The van der Waals surface area contributed by atoms with Crippen molar-refractivity contribution in [3.8, 4) is 0 Å². The Bertz CT molecular complexity index is 967. The van der Waals surface area contributed by atoms with E-state index in [2.05, 4.69) is 10.2 Å². The minimum Gasteiger partial charge on any atom is -0.378 e. The van der Waals surface area contributed by atoms with E-state index in [4.69, 9.17) is 9.72 Å². The van der Waals surface area contributed by atoms with E-state index in [-0.39, 0.29) is 17.6 Å². The molecule has 146 valence electrons. The smallest absolute Gasteiger partial charge is 0.224 e.